The fraction of sp³-hybridized carbons (Fsp3) is 0.400. The van der Waals surface area contributed by atoms with E-state index in [1.165, 1.54) is 12.4 Å². The Morgan fingerprint density at radius 3 is 3.06 bits per heavy atom. The molecule has 1 heterocycles. The highest BCUT2D eigenvalue weighted by molar-refractivity contribution is 6.35. The lowest BCUT2D eigenvalue weighted by Crippen LogP contribution is -2.25. The number of nitrogens with one attached hydrogen (secondary N) is 1. The number of carbonyl (C=O) groups excluding carboxylic acids is 1. The van der Waals surface area contributed by atoms with Gasteiger partial charge in [-0.2, -0.15) is 0 Å². The first-order chi connectivity index (χ1) is 7.66. The van der Waals surface area contributed by atoms with Crippen LogP contribution in [0.1, 0.15) is 16.8 Å². The molecule has 0 bridgehead atoms. The standard InChI is InChI=1S/C10H13ClN2O3/c1-16-4-2-3-13-10(15)7-5-12-6-8(14)9(7)11/h5-6,14H,2-4H2,1H3,(H,13,15). The van der Waals surface area contributed by atoms with Gasteiger partial charge in [0.1, 0.15) is 0 Å². The van der Waals surface area contributed by atoms with Crippen LogP contribution in [0.5, 0.6) is 5.75 Å². The van der Waals surface area contributed by atoms with Gasteiger partial charge in [0.25, 0.3) is 5.91 Å². The minimum atomic E-state index is -0.357. The van der Waals surface area contributed by atoms with Gasteiger partial charge in [0.15, 0.2) is 5.75 Å². The molecule has 0 radical (unpaired) electrons. The summed E-state index contributed by atoms with van der Waals surface area (Å²) in [7, 11) is 1.60. The molecule has 0 aliphatic carbocycles. The molecule has 1 rings (SSSR count). The number of rotatable bonds is 5. The van der Waals surface area contributed by atoms with Gasteiger partial charge in [-0.25, -0.2) is 0 Å². The molecule has 0 fully saturated rings. The summed E-state index contributed by atoms with van der Waals surface area (Å²) in [6.07, 6.45) is 3.21. The first-order valence-electron chi connectivity index (χ1n) is 4.76. The van der Waals surface area contributed by atoms with Crippen LogP contribution in [0.15, 0.2) is 12.4 Å². The van der Waals surface area contributed by atoms with E-state index in [9.17, 15) is 9.90 Å². The van der Waals surface area contributed by atoms with Crippen molar-refractivity contribution in [1.29, 1.82) is 0 Å². The monoisotopic (exact) mass is 244 g/mol. The lowest BCUT2D eigenvalue weighted by Gasteiger charge is -2.06. The summed E-state index contributed by atoms with van der Waals surface area (Å²) in [5.41, 5.74) is 0.166. The Hall–Kier alpha value is -1.33. The van der Waals surface area contributed by atoms with Gasteiger partial charge < -0.3 is 15.2 Å². The Labute approximate surface area is 98.4 Å². The fourth-order valence-corrected chi connectivity index (χ4v) is 1.29. The Morgan fingerprint density at radius 1 is 1.62 bits per heavy atom. The fourth-order valence-electron chi connectivity index (χ4n) is 1.11. The van der Waals surface area contributed by atoms with E-state index in [0.29, 0.717) is 19.6 Å². The highest BCUT2D eigenvalue weighted by atomic mass is 35.5. The van der Waals surface area contributed by atoms with Crippen molar-refractivity contribution in [3.63, 3.8) is 0 Å². The number of carbonyl (C=O) groups is 1. The second kappa shape index (κ2) is 6.30. The van der Waals surface area contributed by atoms with E-state index in [1.54, 1.807) is 7.11 Å². The molecule has 0 spiro atoms. The predicted molar refractivity (Wildman–Crippen MR) is 59.7 cm³/mol. The lowest BCUT2D eigenvalue weighted by molar-refractivity contribution is 0.0948. The summed E-state index contributed by atoms with van der Waals surface area (Å²) < 4.78 is 4.84. The number of hydrogen-bond donors (Lipinski definition) is 2. The normalized spacial score (nSPS) is 10.1. The lowest BCUT2D eigenvalue weighted by atomic mass is 10.2. The van der Waals surface area contributed by atoms with Gasteiger partial charge in [-0.3, -0.25) is 9.78 Å². The molecule has 0 saturated heterocycles. The molecule has 0 atom stereocenters. The zero-order valence-corrected chi connectivity index (χ0v) is 9.62. The highest BCUT2D eigenvalue weighted by Gasteiger charge is 2.12. The third kappa shape index (κ3) is 3.36. The van der Waals surface area contributed by atoms with Crippen molar-refractivity contribution in [2.45, 2.75) is 6.42 Å². The maximum atomic E-state index is 11.6. The maximum Gasteiger partial charge on any atom is 0.254 e. The summed E-state index contributed by atoms with van der Waals surface area (Å²) in [6.45, 7) is 1.06. The molecule has 6 heteroatoms. The largest absolute Gasteiger partial charge is 0.505 e. The van der Waals surface area contributed by atoms with E-state index in [4.69, 9.17) is 16.3 Å². The Kier molecular flexibility index (Phi) is 5.01. The number of amides is 1. The topological polar surface area (TPSA) is 71.5 Å². The second-order valence-corrected chi connectivity index (χ2v) is 3.50. The van der Waals surface area contributed by atoms with Gasteiger partial charge in [0.2, 0.25) is 0 Å². The number of hydrogen-bond acceptors (Lipinski definition) is 4. The number of ether oxygens (including phenoxy) is 1. The van der Waals surface area contributed by atoms with Crippen LogP contribution < -0.4 is 5.32 Å². The molecule has 0 saturated carbocycles. The van der Waals surface area contributed by atoms with Crippen molar-refractivity contribution in [3.8, 4) is 5.75 Å². The van der Waals surface area contributed by atoms with E-state index in [-0.39, 0.29) is 22.2 Å². The van der Waals surface area contributed by atoms with E-state index < -0.39 is 0 Å². The Balaban J connectivity index is 2.56. The average molecular weight is 245 g/mol. The predicted octanol–water partition coefficient (Wildman–Crippen LogP) is 1.21. The van der Waals surface area contributed by atoms with Gasteiger partial charge >= 0.3 is 0 Å². The van der Waals surface area contributed by atoms with Gasteiger partial charge in [0, 0.05) is 26.5 Å². The quantitative estimate of drug-likeness (QED) is 0.764. The second-order valence-electron chi connectivity index (χ2n) is 3.12. The molecular formula is C10H13ClN2O3. The molecule has 1 amide bonds. The first kappa shape index (κ1) is 12.7. The van der Waals surface area contributed by atoms with Crippen LogP contribution in [0, 0.1) is 0 Å². The van der Waals surface area contributed by atoms with Crippen LogP contribution in [-0.4, -0.2) is 36.3 Å². The third-order valence-electron chi connectivity index (χ3n) is 1.92. The maximum absolute atomic E-state index is 11.6. The molecule has 0 aliphatic heterocycles. The highest BCUT2D eigenvalue weighted by Crippen LogP contribution is 2.24. The van der Waals surface area contributed by atoms with Gasteiger partial charge in [-0.1, -0.05) is 11.6 Å². The molecule has 0 aromatic carbocycles. The molecule has 0 aliphatic rings. The Morgan fingerprint density at radius 2 is 2.38 bits per heavy atom. The number of aromatic nitrogens is 1. The summed E-state index contributed by atoms with van der Waals surface area (Å²) in [4.78, 5) is 15.3. The van der Waals surface area contributed by atoms with Crippen LogP contribution in [-0.2, 0) is 4.74 Å². The number of aromatic hydroxyl groups is 1. The Bertz CT molecular complexity index is 371. The van der Waals surface area contributed by atoms with Gasteiger partial charge in [-0.05, 0) is 6.42 Å². The number of nitrogens with zero attached hydrogens (tertiary/aromatic N) is 1. The summed E-state index contributed by atoms with van der Waals surface area (Å²) in [5.74, 6) is -0.560. The van der Waals surface area contributed by atoms with E-state index in [2.05, 4.69) is 10.3 Å². The summed E-state index contributed by atoms with van der Waals surface area (Å²) >= 11 is 5.75. The van der Waals surface area contributed by atoms with E-state index >= 15 is 0 Å². The number of halogens is 1. The van der Waals surface area contributed by atoms with Crippen molar-refractivity contribution < 1.29 is 14.6 Å². The molecule has 5 nitrogen and oxygen atoms in total. The van der Waals surface area contributed by atoms with E-state index in [0.717, 1.165) is 0 Å². The number of pyridine rings is 1. The minimum absolute atomic E-state index is 0.0132. The smallest absolute Gasteiger partial charge is 0.254 e. The van der Waals surface area contributed by atoms with Crippen molar-refractivity contribution >= 4 is 17.5 Å². The average Bonchev–Trinajstić information content (AvgIpc) is 2.28. The van der Waals surface area contributed by atoms with Crippen LogP contribution in [0.3, 0.4) is 0 Å². The molecule has 16 heavy (non-hydrogen) atoms. The molecule has 1 aromatic rings. The van der Waals surface area contributed by atoms with Crippen LogP contribution in [0.2, 0.25) is 5.02 Å². The van der Waals surface area contributed by atoms with Crippen molar-refractivity contribution in [3.05, 3.63) is 23.0 Å². The third-order valence-corrected chi connectivity index (χ3v) is 2.31. The van der Waals surface area contributed by atoms with Crippen molar-refractivity contribution in [1.82, 2.24) is 10.3 Å². The van der Waals surface area contributed by atoms with Crippen molar-refractivity contribution in [2.24, 2.45) is 0 Å². The summed E-state index contributed by atoms with van der Waals surface area (Å²) in [6, 6.07) is 0. The van der Waals surface area contributed by atoms with Gasteiger partial charge in [-0.15, -0.1) is 0 Å². The molecule has 1 aromatic heterocycles. The van der Waals surface area contributed by atoms with E-state index in [1.807, 2.05) is 0 Å². The van der Waals surface area contributed by atoms with Crippen LogP contribution in [0.25, 0.3) is 0 Å². The van der Waals surface area contributed by atoms with Gasteiger partial charge in [0.05, 0.1) is 16.8 Å². The first-order valence-corrected chi connectivity index (χ1v) is 5.14. The zero-order chi connectivity index (χ0) is 12.0. The van der Waals surface area contributed by atoms with Crippen LogP contribution >= 0.6 is 11.6 Å². The van der Waals surface area contributed by atoms with Crippen LogP contribution in [0.4, 0.5) is 0 Å². The minimum Gasteiger partial charge on any atom is -0.505 e. The molecule has 2 N–H and O–H groups in total. The summed E-state index contributed by atoms with van der Waals surface area (Å²) in [5, 5.41) is 11.9. The number of methoxy groups -OCH3 is 1. The SMILES string of the molecule is COCCCNC(=O)c1cncc(O)c1Cl. The molecule has 88 valence electrons. The van der Waals surface area contributed by atoms with Crippen molar-refractivity contribution in [2.75, 3.05) is 20.3 Å². The zero-order valence-electron chi connectivity index (χ0n) is 8.86. The molecular weight excluding hydrogens is 232 g/mol. The molecule has 0 unspecified atom stereocenters.